The fourth-order valence-corrected chi connectivity index (χ4v) is 4.03. The third kappa shape index (κ3) is 8.98. The van der Waals surface area contributed by atoms with Crippen molar-refractivity contribution < 1.29 is 41.0 Å². The fraction of sp³-hybridized carbons (Fsp3) is 0.360. The van der Waals surface area contributed by atoms with E-state index in [1.807, 2.05) is 0 Å². The van der Waals surface area contributed by atoms with Gasteiger partial charge in [0.15, 0.2) is 0 Å². The Bertz CT molecular complexity index is 1140. The van der Waals surface area contributed by atoms with Crippen molar-refractivity contribution in [2.24, 2.45) is 5.73 Å². The Hall–Kier alpha value is -2.64. The van der Waals surface area contributed by atoms with Crippen LogP contribution in [-0.4, -0.2) is 46.8 Å². The Labute approximate surface area is 225 Å². The van der Waals surface area contributed by atoms with Crippen LogP contribution in [0.3, 0.4) is 0 Å². The standard InChI is InChI=1S/C25H26F6N2O3S2/c1-38-8-7-21(23(35)36)33-22(34)20-9-14(3-2-4-18(32)13-37)5-6-19(20)15-10-16(24(26,27)28)12-17(11-15)25(29,30)31/h2,4-6,9-12,18,21,37H,3,7-8,13,32H2,1H3,(H,33,34)(H,35,36)/b4-2+/t18?,21-/m0/s1. The zero-order valence-electron chi connectivity index (χ0n) is 20.1. The lowest BCUT2D eigenvalue weighted by atomic mass is 9.93. The third-order valence-corrected chi connectivity index (χ3v) is 6.45. The van der Waals surface area contributed by atoms with Gasteiger partial charge >= 0.3 is 18.3 Å². The van der Waals surface area contributed by atoms with Crippen molar-refractivity contribution in [3.05, 3.63) is 70.8 Å². The molecule has 13 heteroatoms. The van der Waals surface area contributed by atoms with E-state index in [0.717, 1.165) is 0 Å². The maximum Gasteiger partial charge on any atom is 0.416 e. The lowest BCUT2D eigenvalue weighted by Crippen LogP contribution is -2.41. The number of rotatable bonds is 11. The van der Waals surface area contributed by atoms with Crippen molar-refractivity contribution in [1.29, 1.82) is 0 Å². The number of nitrogens with one attached hydrogen (secondary N) is 1. The summed E-state index contributed by atoms with van der Waals surface area (Å²) in [6.45, 7) is 0. The van der Waals surface area contributed by atoms with Crippen molar-refractivity contribution in [3.63, 3.8) is 0 Å². The molecule has 1 amide bonds. The van der Waals surface area contributed by atoms with Crippen LogP contribution >= 0.6 is 24.4 Å². The largest absolute Gasteiger partial charge is 0.480 e. The number of thiol groups is 1. The smallest absolute Gasteiger partial charge is 0.416 e. The second-order valence-corrected chi connectivity index (χ2v) is 9.65. The number of carbonyl (C=O) groups excluding carboxylic acids is 1. The summed E-state index contributed by atoms with van der Waals surface area (Å²) in [7, 11) is 0. The lowest BCUT2D eigenvalue weighted by molar-refractivity contribution is -0.143. The molecule has 0 bridgehead atoms. The van der Waals surface area contributed by atoms with Crippen molar-refractivity contribution in [2.75, 3.05) is 17.8 Å². The van der Waals surface area contributed by atoms with E-state index in [9.17, 15) is 41.0 Å². The van der Waals surface area contributed by atoms with Gasteiger partial charge in [0.2, 0.25) is 0 Å². The Morgan fingerprint density at radius 2 is 1.68 bits per heavy atom. The summed E-state index contributed by atoms with van der Waals surface area (Å²) in [5.74, 6) is -1.51. The predicted molar refractivity (Wildman–Crippen MR) is 138 cm³/mol. The molecular weight excluding hydrogens is 554 g/mol. The summed E-state index contributed by atoms with van der Waals surface area (Å²) in [6.07, 6.45) is -4.78. The first-order chi connectivity index (χ1) is 17.7. The second-order valence-electron chi connectivity index (χ2n) is 8.30. The lowest BCUT2D eigenvalue weighted by Gasteiger charge is -2.18. The molecule has 2 aromatic rings. The molecule has 0 aliphatic heterocycles. The Morgan fingerprint density at radius 3 is 2.18 bits per heavy atom. The number of carboxylic acid groups (broad SMARTS) is 1. The zero-order valence-corrected chi connectivity index (χ0v) is 21.8. The molecule has 1 unspecified atom stereocenters. The molecule has 0 saturated heterocycles. The monoisotopic (exact) mass is 580 g/mol. The first-order valence-corrected chi connectivity index (χ1v) is 13.2. The molecule has 0 aliphatic carbocycles. The number of aliphatic carboxylic acids is 1. The normalized spacial score (nSPS) is 13.9. The van der Waals surface area contributed by atoms with Crippen LogP contribution in [0.25, 0.3) is 11.1 Å². The van der Waals surface area contributed by atoms with Crippen molar-refractivity contribution in [1.82, 2.24) is 5.32 Å². The average molecular weight is 581 g/mol. The van der Waals surface area contributed by atoms with Crippen molar-refractivity contribution in [2.45, 2.75) is 37.3 Å². The van der Waals surface area contributed by atoms with Gasteiger partial charge in [-0.15, -0.1) is 0 Å². The highest BCUT2D eigenvalue weighted by atomic mass is 32.2. The minimum atomic E-state index is -5.08. The van der Waals surface area contributed by atoms with Crippen LogP contribution in [-0.2, 0) is 23.6 Å². The first kappa shape index (κ1) is 31.6. The first-order valence-electron chi connectivity index (χ1n) is 11.2. The van der Waals surface area contributed by atoms with Gasteiger partial charge in [-0.3, -0.25) is 4.79 Å². The quantitative estimate of drug-likeness (QED) is 0.156. The van der Waals surface area contributed by atoms with E-state index in [2.05, 4.69) is 17.9 Å². The summed E-state index contributed by atoms with van der Waals surface area (Å²) >= 11 is 5.41. The number of carbonyl (C=O) groups is 2. The number of halogens is 6. The summed E-state index contributed by atoms with van der Waals surface area (Å²) in [4.78, 5) is 24.8. The van der Waals surface area contributed by atoms with Crippen LogP contribution in [0.4, 0.5) is 26.3 Å². The van der Waals surface area contributed by atoms with Crippen molar-refractivity contribution >= 4 is 36.3 Å². The van der Waals surface area contributed by atoms with Gasteiger partial charge in [-0.2, -0.15) is 50.7 Å². The highest BCUT2D eigenvalue weighted by Gasteiger charge is 2.37. The molecule has 0 aliphatic rings. The summed E-state index contributed by atoms with van der Waals surface area (Å²) in [5, 5.41) is 11.8. The number of carboxylic acids is 1. The molecule has 4 N–H and O–H groups in total. The summed E-state index contributed by atoms with van der Waals surface area (Å²) in [6, 6.07) is 3.39. The number of benzene rings is 2. The molecule has 0 fully saturated rings. The molecule has 5 nitrogen and oxygen atoms in total. The number of hydrogen-bond donors (Lipinski definition) is 4. The van der Waals surface area contributed by atoms with E-state index >= 15 is 0 Å². The Morgan fingerprint density at radius 1 is 1.08 bits per heavy atom. The number of hydrogen-bond acceptors (Lipinski definition) is 5. The highest BCUT2D eigenvalue weighted by molar-refractivity contribution is 7.98. The van der Waals surface area contributed by atoms with Gasteiger partial charge in [0.1, 0.15) is 6.04 Å². The van der Waals surface area contributed by atoms with Crippen LogP contribution in [0, 0.1) is 0 Å². The molecule has 0 radical (unpaired) electrons. The molecule has 2 atom stereocenters. The van der Waals surface area contributed by atoms with Gasteiger partial charge in [0, 0.05) is 17.4 Å². The molecule has 2 rings (SSSR count). The molecule has 208 valence electrons. The molecular formula is C25H26F6N2O3S2. The average Bonchev–Trinajstić information content (AvgIpc) is 2.84. The molecule has 0 aromatic heterocycles. The topological polar surface area (TPSA) is 92.4 Å². The van der Waals surface area contributed by atoms with E-state index in [0.29, 0.717) is 29.2 Å². The SMILES string of the molecule is CSCC[C@H](NC(=O)c1cc(C/C=C/C(N)CS)ccc1-c1cc(C(F)(F)F)cc(C(F)(F)F)c1)C(=O)O. The van der Waals surface area contributed by atoms with Gasteiger partial charge in [-0.25, -0.2) is 4.79 Å². The van der Waals surface area contributed by atoms with E-state index in [-0.39, 0.29) is 36.1 Å². The predicted octanol–water partition coefficient (Wildman–Crippen LogP) is 5.68. The third-order valence-electron chi connectivity index (χ3n) is 5.39. The van der Waals surface area contributed by atoms with Gasteiger partial charge in [0.25, 0.3) is 5.91 Å². The van der Waals surface area contributed by atoms with Crippen LogP contribution in [0.15, 0.2) is 48.6 Å². The highest BCUT2D eigenvalue weighted by Crippen LogP contribution is 2.39. The number of allylic oxidation sites excluding steroid dienone is 1. The summed E-state index contributed by atoms with van der Waals surface area (Å²) in [5.41, 5.74) is 2.22. The second kappa shape index (κ2) is 13.4. The Kier molecular flexibility index (Phi) is 11.2. The van der Waals surface area contributed by atoms with E-state index in [1.165, 1.54) is 30.0 Å². The number of amides is 1. The molecule has 38 heavy (non-hydrogen) atoms. The zero-order chi connectivity index (χ0) is 28.7. The van der Waals surface area contributed by atoms with Gasteiger partial charge in [-0.05, 0) is 65.8 Å². The van der Waals surface area contributed by atoms with Gasteiger partial charge < -0.3 is 16.2 Å². The number of thioether (sulfide) groups is 1. The minimum absolute atomic E-state index is 0.00400. The molecule has 2 aromatic carbocycles. The maximum absolute atomic E-state index is 13.5. The van der Waals surface area contributed by atoms with Gasteiger partial charge in [-0.1, -0.05) is 24.3 Å². The number of nitrogens with two attached hydrogens (primary N) is 1. The Balaban J connectivity index is 2.66. The molecule has 0 heterocycles. The summed E-state index contributed by atoms with van der Waals surface area (Å²) < 4.78 is 80.7. The molecule has 0 spiro atoms. The minimum Gasteiger partial charge on any atom is -0.480 e. The van der Waals surface area contributed by atoms with Crippen LogP contribution in [0.5, 0.6) is 0 Å². The number of alkyl halides is 6. The van der Waals surface area contributed by atoms with E-state index in [1.54, 1.807) is 18.4 Å². The van der Waals surface area contributed by atoms with Gasteiger partial charge in [0.05, 0.1) is 11.1 Å². The maximum atomic E-state index is 13.5. The molecule has 0 saturated carbocycles. The van der Waals surface area contributed by atoms with Crippen LogP contribution in [0.2, 0.25) is 0 Å². The van der Waals surface area contributed by atoms with E-state index in [4.69, 9.17) is 5.73 Å². The fourth-order valence-electron chi connectivity index (χ4n) is 3.44. The van der Waals surface area contributed by atoms with Crippen molar-refractivity contribution in [3.8, 4) is 11.1 Å². The van der Waals surface area contributed by atoms with Crippen LogP contribution < -0.4 is 11.1 Å². The van der Waals surface area contributed by atoms with E-state index < -0.39 is 47.0 Å². The van der Waals surface area contributed by atoms with Crippen LogP contribution in [0.1, 0.15) is 33.5 Å².